The molecule has 0 radical (unpaired) electrons. The molecule has 3 heterocycles. The fraction of sp³-hybridized carbons (Fsp3) is 0.444. The van der Waals surface area contributed by atoms with Gasteiger partial charge in [0.2, 0.25) is 0 Å². The lowest BCUT2D eigenvalue weighted by atomic mass is 9.98. The molecule has 5 nitrogen and oxygen atoms in total. The molecule has 0 aliphatic carbocycles. The largest absolute Gasteiger partial charge is 0.322 e. The fourth-order valence-electron chi connectivity index (χ4n) is 4.04. The number of fused-ring (bicyclic) bond motifs is 2. The number of para-hydroxylation sites is 1. The van der Waals surface area contributed by atoms with Crippen molar-refractivity contribution in [1.29, 1.82) is 0 Å². The van der Waals surface area contributed by atoms with Gasteiger partial charge in [-0.1, -0.05) is 18.2 Å². The molecule has 2 fully saturated rings. The summed E-state index contributed by atoms with van der Waals surface area (Å²) >= 11 is 0. The lowest BCUT2D eigenvalue weighted by Crippen LogP contribution is -2.48. The van der Waals surface area contributed by atoms with Crippen LogP contribution in [0.2, 0.25) is 0 Å². The Labute approximate surface area is 136 Å². The van der Waals surface area contributed by atoms with Crippen molar-refractivity contribution in [2.75, 3.05) is 5.32 Å². The second kappa shape index (κ2) is 5.72. The zero-order valence-electron chi connectivity index (χ0n) is 13.4. The van der Waals surface area contributed by atoms with E-state index in [9.17, 15) is 4.79 Å². The normalized spacial score (nSPS) is 26.3. The number of urea groups is 1. The van der Waals surface area contributed by atoms with E-state index < -0.39 is 0 Å². The molecule has 2 saturated heterocycles. The maximum atomic E-state index is 12.7. The minimum Gasteiger partial charge on any atom is -0.318 e. The number of amides is 2. The van der Waals surface area contributed by atoms with E-state index in [2.05, 4.69) is 33.1 Å². The molecule has 1 aromatic carbocycles. The van der Waals surface area contributed by atoms with Crippen molar-refractivity contribution < 1.29 is 4.79 Å². The number of piperidine rings is 1. The minimum absolute atomic E-state index is 0.0406. The minimum atomic E-state index is 0.0406. The SMILES string of the molecule is Cc1cnn(C2CC3CCC(C2)N3C(=O)Nc2ccccc2)c1. The summed E-state index contributed by atoms with van der Waals surface area (Å²) in [6.45, 7) is 2.07. The number of rotatable bonds is 2. The average Bonchev–Trinajstić information content (AvgIpc) is 3.10. The first kappa shape index (κ1) is 14.3. The van der Waals surface area contributed by atoms with E-state index in [0.29, 0.717) is 18.1 Å². The van der Waals surface area contributed by atoms with Gasteiger partial charge in [-0.15, -0.1) is 0 Å². The molecule has 120 valence electrons. The molecule has 4 rings (SSSR count). The number of hydrogen-bond donors (Lipinski definition) is 1. The number of anilines is 1. The van der Waals surface area contributed by atoms with Crippen molar-refractivity contribution in [1.82, 2.24) is 14.7 Å². The van der Waals surface area contributed by atoms with Crippen LogP contribution in [0.1, 0.15) is 37.3 Å². The van der Waals surface area contributed by atoms with Crippen LogP contribution in [-0.2, 0) is 0 Å². The van der Waals surface area contributed by atoms with Crippen LogP contribution in [0.3, 0.4) is 0 Å². The highest BCUT2D eigenvalue weighted by atomic mass is 16.2. The monoisotopic (exact) mass is 310 g/mol. The van der Waals surface area contributed by atoms with Gasteiger partial charge in [0.1, 0.15) is 0 Å². The van der Waals surface area contributed by atoms with E-state index in [1.54, 1.807) is 0 Å². The third-order valence-electron chi connectivity index (χ3n) is 5.07. The lowest BCUT2D eigenvalue weighted by molar-refractivity contribution is 0.129. The topological polar surface area (TPSA) is 50.2 Å². The average molecular weight is 310 g/mol. The number of carbonyl (C=O) groups excluding carboxylic acids is 1. The Bertz CT molecular complexity index is 682. The number of aromatic nitrogens is 2. The molecule has 1 N–H and O–H groups in total. The maximum Gasteiger partial charge on any atom is 0.322 e. The molecule has 2 atom stereocenters. The molecule has 2 aliphatic rings. The summed E-state index contributed by atoms with van der Waals surface area (Å²) in [7, 11) is 0. The molecule has 0 saturated carbocycles. The van der Waals surface area contributed by atoms with Crippen molar-refractivity contribution >= 4 is 11.7 Å². The van der Waals surface area contributed by atoms with Crippen LogP contribution in [0.25, 0.3) is 0 Å². The van der Waals surface area contributed by atoms with Crippen molar-refractivity contribution in [2.45, 2.75) is 50.7 Å². The Morgan fingerprint density at radius 2 is 1.83 bits per heavy atom. The zero-order chi connectivity index (χ0) is 15.8. The molecule has 23 heavy (non-hydrogen) atoms. The van der Waals surface area contributed by atoms with Gasteiger partial charge in [-0.25, -0.2) is 4.79 Å². The van der Waals surface area contributed by atoms with Gasteiger partial charge < -0.3 is 10.2 Å². The molecule has 2 aromatic rings. The van der Waals surface area contributed by atoms with Crippen LogP contribution in [0.4, 0.5) is 10.5 Å². The summed E-state index contributed by atoms with van der Waals surface area (Å²) in [6.07, 6.45) is 8.23. The second-order valence-corrected chi connectivity index (χ2v) is 6.71. The Morgan fingerprint density at radius 1 is 1.13 bits per heavy atom. The van der Waals surface area contributed by atoms with Crippen molar-refractivity contribution in [3.05, 3.63) is 48.3 Å². The third-order valence-corrected chi connectivity index (χ3v) is 5.07. The van der Waals surface area contributed by atoms with Gasteiger partial charge in [0.05, 0.1) is 12.2 Å². The van der Waals surface area contributed by atoms with E-state index in [1.807, 2.05) is 36.5 Å². The first-order chi connectivity index (χ1) is 11.2. The van der Waals surface area contributed by atoms with E-state index in [4.69, 9.17) is 0 Å². The lowest BCUT2D eigenvalue weighted by Gasteiger charge is -2.38. The quantitative estimate of drug-likeness (QED) is 0.921. The predicted molar refractivity (Wildman–Crippen MR) is 89.3 cm³/mol. The highest BCUT2D eigenvalue weighted by Gasteiger charge is 2.43. The molecule has 2 amide bonds. The molecular weight excluding hydrogens is 288 g/mol. The number of carbonyl (C=O) groups is 1. The first-order valence-corrected chi connectivity index (χ1v) is 8.36. The summed E-state index contributed by atoms with van der Waals surface area (Å²) in [6, 6.07) is 10.8. The van der Waals surface area contributed by atoms with Crippen molar-refractivity contribution in [3.63, 3.8) is 0 Å². The van der Waals surface area contributed by atoms with E-state index in [0.717, 1.165) is 31.4 Å². The highest BCUT2D eigenvalue weighted by molar-refractivity contribution is 5.90. The number of hydrogen-bond acceptors (Lipinski definition) is 2. The summed E-state index contributed by atoms with van der Waals surface area (Å²) in [5, 5.41) is 7.51. The number of benzene rings is 1. The second-order valence-electron chi connectivity index (χ2n) is 6.71. The van der Waals surface area contributed by atoms with Crippen molar-refractivity contribution in [3.8, 4) is 0 Å². The Balaban J connectivity index is 1.47. The molecule has 1 aromatic heterocycles. The van der Waals surface area contributed by atoms with Gasteiger partial charge >= 0.3 is 6.03 Å². The maximum absolute atomic E-state index is 12.7. The summed E-state index contributed by atoms with van der Waals surface area (Å²) in [5.74, 6) is 0. The Hall–Kier alpha value is -2.30. The summed E-state index contributed by atoms with van der Waals surface area (Å²) in [4.78, 5) is 14.7. The molecule has 5 heteroatoms. The van der Waals surface area contributed by atoms with Crippen LogP contribution in [0, 0.1) is 6.92 Å². The number of aryl methyl sites for hydroxylation is 1. The predicted octanol–water partition coefficient (Wildman–Crippen LogP) is 3.59. The van der Waals surface area contributed by atoms with Crippen LogP contribution < -0.4 is 5.32 Å². The summed E-state index contributed by atoms with van der Waals surface area (Å²) in [5.41, 5.74) is 2.06. The van der Waals surface area contributed by atoms with Gasteiger partial charge in [-0.3, -0.25) is 4.68 Å². The standard InChI is InChI=1S/C18H22N4O/c1-13-11-19-21(12-13)17-9-15-7-8-16(10-17)22(15)18(23)20-14-5-3-2-4-6-14/h2-6,11-12,15-17H,7-10H2,1H3,(H,20,23). The van der Waals surface area contributed by atoms with Gasteiger partial charge in [0, 0.05) is 24.0 Å². The molecule has 2 unspecified atom stereocenters. The molecule has 2 aliphatic heterocycles. The smallest absolute Gasteiger partial charge is 0.318 e. The van der Waals surface area contributed by atoms with Gasteiger partial charge in [-0.05, 0) is 50.3 Å². The summed E-state index contributed by atoms with van der Waals surface area (Å²) < 4.78 is 2.09. The van der Waals surface area contributed by atoms with E-state index in [1.165, 1.54) is 5.56 Å². The van der Waals surface area contributed by atoms with Gasteiger partial charge in [-0.2, -0.15) is 5.10 Å². The zero-order valence-corrected chi connectivity index (χ0v) is 13.4. The molecular formula is C18H22N4O. The number of nitrogens with zero attached hydrogens (tertiary/aromatic N) is 3. The Kier molecular flexibility index (Phi) is 3.56. The van der Waals surface area contributed by atoms with Crippen LogP contribution >= 0.6 is 0 Å². The van der Waals surface area contributed by atoms with Gasteiger partial charge in [0.25, 0.3) is 0 Å². The van der Waals surface area contributed by atoms with Gasteiger partial charge in [0.15, 0.2) is 0 Å². The Morgan fingerprint density at radius 3 is 2.43 bits per heavy atom. The number of nitrogens with one attached hydrogen (secondary N) is 1. The fourth-order valence-corrected chi connectivity index (χ4v) is 4.04. The van der Waals surface area contributed by atoms with Crippen LogP contribution in [0.5, 0.6) is 0 Å². The molecule has 2 bridgehead atoms. The van der Waals surface area contributed by atoms with Crippen LogP contribution in [0.15, 0.2) is 42.7 Å². The first-order valence-electron chi connectivity index (χ1n) is 8.36. The van der Waals surface area contributed by atoms with E-state index >= 15 is 0 Å². The van der Waals surface area contributed by atoms with Crippen molar-refractivity contribution in [2.24, 2.45) is 0 Å². The van der Waals surface area contributed by atoms with E-state index in [-0.39, 0.29) is 6.03 Å². The third kappa shape index (κ3) is 2.71. The molecule has 0 spiro atoms. The van der Waals surface area contributed by atoms with Crippen LogP contribution in [-0.4, -0.2) is 32.8 Å². The highest BCUT2D eigenvalue weighted by Crippen LogP contribution is 2.40.